The van der Waals surface area contributed by atoms with Gasteiger partial charge in [0, 0.05) is 13.1 Å². The van der Waals surface area contributed by atoms with Gasteiger partial charge in [-0.05, 0) is 35.7 Å². The Morgan fingerprint density at radius 3 is 2.89 bits per heavy atom. The highest BCUT2D eigenvalue weighted by Gasteiger charge is 2.16. The number of anilines is 1. The molecular formula is C12H15BrN4OS. The highest BCUT2D eigenvalue weighted by atomic mass is 79.9. The molecule has 1 N–H and O–H groups in total. The summed E-state index contributed by atoms with van der Waals surface area (Å²) in [5.41, 5.74) is 0.784. The van der Waals surface area contributed by atoms with E-state index in [0.717, 1.165) is 23.5 Å². The summed E-state index contributed by atoms with van der Waals surface area (Å²) in [5, 5.41) is 7.98. The van der Waals surface area contributed by atoms with Gasteiger partial charge in [-0.2, -0.15) is 5.10 Å². The lowest BCUT2D eigenvalue weighted by molar-refractivity contribution is 0.102. The van der Waals surface area contributed by atoms with Crippen LogP contribution in [0, 0.1) is 6.92 Å². The maximum Gasteiger partial charge on any atom is 0.268 e. The Balaban J connectivity index is 2.18. The van der Waals surface area contributed by atoms with Crippen molar-refractivity contribution in [1.29, 1.82) is 0 Å². The number of carbonyl (C=O) groups is 1. The molecule has 2 rings (SSSR count). The molecule has 0 atom stereocenters. The first-order valence-electron chi connectivity index (χ1n) is 5.98. The fraction of sp³-hybridized carbons (Fsp3) is 0.417. The lowest BCUT2D eigenvalue weighted by Gasteiger charge is -2.03. The predicted octanol–water partition coefficient (Wildman–Crippen LogP) is 3.15. The third kappa shape index (κ3) is 3.22. The Hall–Kier alpha value is -1.21. The van der Waals surface area contributed by atoms with Crippen LogP contribution in [0.3, 0.4) is 0 Å². The van der Waals surface area contributed by atoms with E-state index in [4.69, 9.17) is 0 Å². The molecule has 0 bridgehead atoms. The van der Waals surface area contributed by atoms with Crippen LogP contribution >= 0.6 is 27.3 Å². The van der Waals surface area contributed by atoms with Gasteiger partial charge in [0.25, 0.3) is 5.91 Å². The van der Waals surface area contributed by atoms with Gasteiger partial charge < -0.3 is 5.32 Å². The standard InChI is InChI=1S/C12H15BrN4OS/c1-4-5-10-14-7(2)11(19-10)12(18)15-9-6-8(13)16-17(9)3/h6H,4-5H2,1-3H3,(H,15,18). The second kappa shape index (κ2) is 5.83. The van der Waals surface area contributed by atoms with Crippen LogP contribution in [0.25, 0.3) is 0 Å². The summed E-state index contributed by atoms with van der Waals surface area (Å²) < 4.78 is 2.31. The number of aryl methyl sites for hydroxylation is 3. The predicted molar refractivity (Wildman–Crippen MR) is 79.7 cm³/mol. The summed E-state index contributed by atoms with van der Waals surface area (Å²) in [6.07, 6.45) is 1.94. The quantitative estimate of drug-likeness (QED) is 0.928. The molecule has 0 aromatic carbocycles. The van der Waals surface area contributed by atoms with Gasteiger partial charge in [0.15, 0.2) is 0 Å². The van der Waals surface area contributed by atoms with E-state index in [2.05, 4.69) is 38.3 Å². The van der Waals surface area contributed by atoms with Crippen molar-refractivity contribution in [3.8, 4) is 0 Å². The van der Waals surface area contributed by atoms with Crippen molar-refractivity contribution in [3.63, 3.8) is 0 Å². The first-order chi connectivity index (χ1) is 9.01. The summed E-state index contributed by atoms with van der Waals surface area (Å²) in [7, 11) is 1.78. The van der Waals surface area contributed by atoms with Gasteiger partial charge in [-0.1, -0.05) is 6.92 Å². The number of amides is 1. The Morgan fingerprint density at radius 2 is 2.32 bits per heavy atom. The highest BCUT2D eigenvalue weighted by molar-refractivity contribution is 9.10. The molecule has 0 spiro atoms. The molecule has 0 saturated carbocycles. The van der Waals surface area contributed by atoms with Gasteiger partial charge in [0.05, 0.1) is 10.7 Å². The largest absolute Gasteiger partial charge is 0.306 e. The van der Waals surface area contributed by atoms with Gasteiger partial charge in [-0.25, -0.2) is 4.98 Å². The summed E-state index contributed by atoms with van der Waals surface area (Å²) in [4.78, 5) is 17.3. The Labute approximate surface area is 124 Å². The number of rotatable bonds is 4. The van der Waals surface area contributed by atoms with Gasteiger partial charge in [-0.3, -0.25) is 9.48 Å². The molecule has 2 aromatic heterocycles. The third-order valence-corrected chi connectivity index (χ3v) is 4.21. The third-order valence-electron chi connectivity index (χ3n) is 2.60. The van der Waals surface area contributed by atoms with Gasteiger partial charge >= 0.3 is 0 Å². The Kier molecular flexibility index (Phi) is 4.36. The number of hydrogen-bond donors (Lipinski definition) is 1. The van der Waals surface area contributed by atoms with E-state index in [-0.39, 0.29) is 5.91 Å². The zero-order valence-electron chi connectivity index (χ0n) is 11.0. The molecule has 19 heavy (non-hydrogen) atoms. The minimum Gasteiger partial charge on any atom is -0.306 e. The topological polar surface area (TPSA) is 59.8 Å². The molecule has 5 nitrogen and oxygen atoms in total. The Morgan fingerprint density at radius 1 is 1.58 bits per heavy atom. The van der Waals surface area contributed by atoms with Gasteiger partial charge in [0.1, 0.15) is 15.3 Å². The van der Waals surface area contributed by atoms with E-state index in [1.165, 1.54) is 11.3 Å². The molecule has 0 saturated heterocycles. The minimum atomic E-state index is -0.132. The van der Waals surface area contributed by atoms with Crippen molar-refractivity contribution in [2.75, 3.05) is 5.32 Å². The second-order valence-electron chi connectivity index (χ2n) is 4.20. The van der Waals surface area contributed by atoms with Crippen molar-refractivity contribution in [2.24, 2.45) is 7.05 Å². The average molecular weight is 343 g/mol. The molecule has 2 aromatic rings. The normalized spacial score (nSPS) is 10.7. The van der Waals surface area contributed by atoms with E-state index in [0.29, 0.717) is 15.3 Å². The SMILES string of the molecule is CCCc1nc(C)c(C(=O)Nc2cc(Br)nn2C)s1. The van der Waals surface area contributed by atoms with E-state index < -0.39 is 0 Å². The molecule has 102 valence electrons. The number of nitrogens with one attached hydrogen (secondary N) is 1. The number of aromatic nitrogens is 3. The molecular weight excluding hydrogens is 328 g/mol. The number of hydrogen-bond acceptors (Lipinski definition) is 4. The fourth-order valence-electron chi connectivity index (χ4n) is 1.71. The van der Waals surface area contributed by atoms with Crippen molar-refractivity contribution in [3.05, 3.63) is 26.2 Å². The summed E-state index contributed by atoms with van der Waals surface area (Å²) in [6.45, 7) is 3.97. The first-order valence-corrected chi connectivity index (χ1v) is 7.59. The van der Waals surface area contributed by atoms with Crippen LogP contribution in [0.5, 0.6) is 0 Å². The van der Waals surface area contributed by atoms with Crippen molar-refractivity contribution < 1.29 is 4.79 Å². The molecule has 0 aliphatic rings. The Bertz CT molecular complexity index is 605. The monoisotopic (exact) mass is 342 g/mol. The fourth-order valence-corrected chi connectivity index (χ4v) is 3.22. The minimum absolute atomic E-state index is 0.132. The van der Waals surface area contributed by atoms with Gasteiger partial charge in [-0.15, -0.1) is 11.3 Å². The summed E-state index contributed by atoms with van der Waals surface area (Å²) in [5.74, 6) is 0.523. The van der Waals surface area contributed by atoms with Crippen LogP contribution in [-0.2, 0) is 13.5 Å². The maximum atomic E-state index is 12.2. The van der Waals surface area contributed by atoms with Gasteiger partial charge in [0.2, 0.25) is 0 Å². The van der Waals surface area contributed by atoms with Crippen LogP contribution < -0.4 is 5.32 Å². The van der Waals surface area contributed by atoms with Crippen molar-refractivity contribution in [2.45, 2.75) is 26.7 Å². The van der Waals surface area contributed by atoms with Crippen LogP contribution in [0.2, 0.25) is 0 Å². The van der Waals surface area contributed by atoms with E-state index in [1.807, 2.05) is 6.92 Å². The zero-order valence-corrected chi connectivity index (χ0v) is 13.4. The molecule has 7 heteroatoms. The first kappa shape index (κ1) is 14.2. The second-order valence-corrected chi connectivity index (χ2v) is 6.10. The maximum absolute atomic E-state index is 12.2. The van der Waals surface area contributed by atoms with Crippen LogP contribution in [0.1, 0.15) is 33.7 Å². The molecule has 2 heterocycles. The number of nitrogens with zero attached hydrogens (tertiary/aromatic N) is 3. The van der Waals surface area contributed by atoms with Crippen LogP contribution in [0.15, 0.2) is 10.7 Å². The number of thiazole rings is 1. The molecule has 0 radical (unpaired) electrons. The van der Waals surface area contributed by atoms with E-state index >= 15 is 0 Å². The molecule has 1 amide bonds. The molecule has 0 aliphatic heterocycles. The van der Waals surface area contributed by atoms with Crippen molar-refractivity contribution in [1.82, 2.24) is 14.8 Å². The average Bonchev–Trinajstić information content (AvgIpc) is 2.83. The van der Waals surface area contributed by atoms with E-state index in [9.17, 15) is 4.79 Å². The summed E-state index contributed by atoms with van der Waals surface area (Å²) >= 11 is 4.73. The molecule has 0 fully saturated rings. The summed E-state index contributed by atoms with van der Waals surface area (Å²) in [6, 6.07) is 1.77. The highest BCUT2D eigenvalue weighted by Crippen LogP contribution is 2.21. The number of carbonyl (C=O) groups excluding carboxylic acids is 1. The lowest BCUT2D eigenvalue weighted by atomic mass is 10.3. The van der Waals surface area contributed by atoms with Crippen molar-refractivity contribution >= 4 is 39.0 Å². The lowest BCUT2D eigenvalue weighted by Crippen LogP contribution is -2.14. The van der Waals surface area contributed by atoms with Crippen LogP contribution in [0.4, 0.5) is 5.82 Å². The van der Waals surface area contributed by atoms with E-state index in [1.54, 1.807) is 17.8 Å². The number of halogens is 1. The molecule has 0 aliphatic carbocycles. The smallest absolute Gasteiger partial charge is 0.268 e. The van der Waals surface area contributed by atoms with Crippen LogP contribution in [-0.4, -0.2) is 20.7 Å². The zero-order chi connectivity index (χ0) is 14.0. The molecule has 0 unspecified atom stereocenters.